The third-order valence-electron chi connectivity index (χ3n) is 4.86. The molecule has 0 spiro atoms. The normalized spacial score (nSPS) is 17.0. The van der Waals surface area contributed by atoms with Crippen LogP contribution in [0, 0.1) is 6.92 Å². The Hall–Kier alpha value is -2.14. The first-order chi connectivity index (χ1) is 11.6. The minimum atomic E-state index is 0.00608. The van der Waals surface area contributed by atoms with Gasteiger partial charge in [0.1, 0.15) is 5.82 Å². The van der Waals surface area contributed by atoms with Crippen LogP contribution in [-0.2, 0) is 28.9 Å². The number of benzene rings is 1. The summed E-state index contributed by atoms with van der Waals surface area (Å²) in [6.07, 6.45) is 3.22. The zero-order valence-corrected chi connectivity index (χ0v) is 14.7. The highest BCUT2D eigenvalue weighted by molar-refractivity contribution is 5.79. The summed E-state index contributed by atoms with van der Waals surface area (Å²) in [6, 6.07) is 8.09. The zero-order chi connectivity index (χ0) is 17.1. The van der Waals surface area contributed by atoms with E-state index in [2.05, 4.69) is 29.5 Å². The lowest BCUT2D eigenvalue weighted by Gasteiger charge is -2.34. The molecule has 0 saturated carbocycles. The zero-order valence-electron chi connectivity index (χ0n) is 14.7. The molecule has 1 atom stereocenters. The predicted molar refractivity (Wildman–Crippen MR) is 92.8 cm³/mol. The molecule has 5 nitrogen and oxygen atoms in total. The van der Waals surface area contributed by atoms with Crippen LogP contribution < -0.4 is 0 Å². The van der Waals surface area contributed by atoms with E-state index < -0.39 is 0 Å². The fourth-order valence-corrected chi connectivity index (χ4v) is 3.38. The molecule has 128 valence electrons. The number of carbonyl (C=O) groups is 1. The molecule has 2 heterocycles. The van der Waals surface area contributed by atoms with Crippen molar-refractivity contribution >= 4 is 5.91 Å². The number of amides is 1. The third-order valence-corrected chi connectivity index (χ3v) is 4.86. The lowest BCUT2D eigenvalue weighted by Crippen LogP contribution is -2.42. The van der Waals surface area contributed by atoms with Gasteiger partial charge in [0, 0.05) is 38.5 Å². The van der Waals surface area contributed by atoms with Gasteiger partial charge < -0.3 is 14.2 Å². The largest absolute Gasteiger partial charge is 0.384 e. The fourth-order valence-electron chi connectivity index (χ4n) is 3.38. The van der Waals surface area contributed by atoms with Crippen LogP contribution in [0.15, 0.2) is 30.5 Å². The van der Waals surface area contributed by atoms with Gasteiger partial charge in [-0.25, -0.2) is 4.98 Å². The van der Waals surface area contributed by atoms with Gasteiger partial charge in [-0.15, -0.1) is 0 Å². The molecule has 3 rings (SSSR count). The number of carbonyl (C=O) groups excluding carboxylic acids is 1. The molecule has 1 aliphatic heterocycles. The van der Waals surface area contributed by atoms with Crippen molar-refractivity contribution in [2.75, 3.05) is 20.3 Å². The smallest absolute Gasteiger partial charge is 0.227 e. The Balaban J connectivity index is 1.74. The maximum absolute atomic E-state index is 12.8. The molecule has 2 aromatic rings. The second-order valence-electron chi connectivity index (χ2n) is 6.37. The van der Waals surface area contributed by atoms with Crippen molar-refractivity contribution in [1.29, 1.82) is 0 Å². The van der Waals surface area contributed by atoms with E-state index in [1.54, 1.807) is 7.11 Å². The minimum Gasteiger partial charge on any atom is -0.384 e. The molecule has 0 fully saturated rings. The minimum absolute atomic E-state index is 0.00608. The van der Waals surface area contributed by atoms with Gasteiger partial charge in [-0.05, 0) is 25.0 Å². The van der Waals surface area contributed by atoms with E-state index in [1.807, 2.05) is 29.3 Å². The van der Waals surface area contributed by atoms with Crippen molar-refractivity contribution in [2.45, 2.75) is 39.3 Å². The van der Waals surface area contributed by atoms with Crippen molar-refractivity contribution in [3.8, 4) is 0 Å². The van der Waals surface area contributed by atoms with Crippen LogP contribution in [0.3, 0.4) is 0 Å². The number of methoxy groups -OCH3 is 1. The highest BCUT2D eigenvalue weighted by atomic mass is 16.5. The molecule has 0 saturated heterocycles. The van der Waals surface area contributed by atoms with Crippen LogP contribution in [0.25, 0.3) is 0 Å². The van der Waals surface area contributed by atoms with E-state index in [0.717, 1.165) is 30.9 Å². The molecule has 0 N–H and O–H groups in total. The number of hydrogen-bond acceptors (Lipinski definition) is 3. The number of nitrogens with zero attached hydrogens (tertiary/aromatic N) is 3. The van der Waals surface area contributed by atoms with Gasteiger partial charge in [0.25, 0.3) is 0 Å². The Morgan fingerprint density at radius 3 is 2.88 bits per heavy atom. The number of aromatic nitrogens is 2. The molecule has 1 amide bonds. The number of ether oxygens (including phenoxy) is 1. The SMILES string of the molecule is COCCc1cnc2n1CCN(C(=O)Cc1ccccc1C)C2C. The molecule has 1 aromatic heterocycles. The molecule has 0 aliphatic carbocycles. The molecule has 24 heavy (non-hydrogen) atoms. The van der Waals surface area contributed by atoms with E-state index >= 15 is 0 Å². The van der Waals surface area contributed by atoms with Crippen LogP contribution in [0.5, 0.6) is 0 Å². The predicted octanol–water partition coefficient (Wildman–Crippen LogP) is 2.53. The first-order valence-electron chi connectivity index (χ1n) is 8.49. The lowest BCUT2D eigenvalue weighted by molar-refractivity contribution is -0.133. The van der Waals surface area contributed by atoms with Gasteiger partial charge in [-0.3, -0.25) is 4.79 Å². The molecular formula is C19H25N3O2. The maximum atomic E-state index is 12.8. The van der Waals surface area contributed by atoms with E-state index in [4.69, 9.17) is 4.74 Å². The number of aryl methyl sites for hydroxylation is 1. The second kappa shape index (κ2) is 7.18. The van der Waals surface area contributed by atoms with Gasteiger partial charge in [-0.1, -0.05) is 24.3 Å². The second-order valence-corrected chi connectivity index (χ2v) is 6.37. The Labute approximate surface area is 143 Å². The summed E-state index contributed by atoms with van der Waals surface area (Å²) >= 11 is 0. The summed E-state index contributed by atoms with van der Waals surface area (Å²) in [5.74, 6) is 1.15. The Morgan fingerprint density at radius 2 is 2.12 bits per heavy atom. The van der Waals surface area contributed by atoms with Gasteiger partial charge >= 0.3 is 0 Å². The van der Waals surface area contributed by atoms with Crippen molar-refractivity contribution in [1.82, 2.24) is 14.5 Å². The molecule has 5 heteroatoms. The lowest BCUT2D eigenvalue weighted by atomic mass is 10.0. The molecule has 1 aliphatic rings. The van der Waals surface area contributed by atoms with Gasteiger partial charge in [-0.2, -0.15) is 0 Å². The average molecular weight is 327 g/mol. The van der Waals surface area contributed by atoms with E-state index in [0.29, 0.717) is 13.0 Å². The fraction of sp³-hybridized carbons (Fsp3) is 0.474. The summed E-state index contributed by atoms with van der Waals surface area (Å²) in [6.45, 7) is 6.34. The van der Waals surface area contributed by atoms with E-state index in [-0.39, 0.29) is 11.9 Å². The van der Waals surface area contributed by atoms with Gasteiger partial charge in [0.2, 0.25) is 5.91 Å². The van der Waals surface area contributed by atoms with Crippen LogP contribution >= 0.6 is 0 Å². The van der Waals surface area contributed by atoms with Gasteiger partial charge in [0.05, 0.1) is 19.1 Å². The number of imidazole rings is 1. The highest BCUT2D eigenvalue weighted by Gasteiger charge is 2.30. The number of hydrogen-bond donors (Lipinski definition) is 0. The molecule has 1 aromatic carbocycles. The average Bonchev–Trinajstić information content (AvgIpc) is 2.99. The number of fused-ring (bicyclic) bond motifs is 1. The van der Waals surface area contributed by atoms with E-state index in [1.165, 1.54) is 11.3 Å². The maximum Gasteiger partial charge on any atom is 0.227 e. The van der Waals surface area contributed by atoms with Crippen molar-refractivity contribution in [3.63, 3.8) is 0 Å². The van der Waals surface area contributed by atoms with Crippen molar-refractivity contribution in [3.05, 3.63) is 53.1 Å². The summed E-state index contributed by atoms with van der Waals surface area (Å²) in [5.41, 5.74) is 3.45. The van der Waals surface area contributed by atoms with Crippen LogP contribution in [0.2, 0.25) is 0 Å². The monoisotopic (exact) mass is 327 g/mol. The Kier molecular flexibility index (Phi) is 5.00. The standard InChI is InChI=1S/C19H25N3O2/c1-14-6-4-5-7-16(14)12-18(23)21-9-10-22-17(8-11-24-3)13-20-19(22)15(21)2/h4-7,13,15H,8-12H2,1-3H3. The molecule has 0 radical (unpaired) electrons. The summed E-state index contributed by atoms with van der Waals surface area (Å²) in [7, 11) is 1.71. The van der Waals surface area contributed by atoms with Gasteiger partial charge in [0.15, 0.2) is 0 Å². The Morgan fingerprint density at radius 1 is 1.33 bits per heavy atom. The van der Waals surface area contributed by atoms with Crippen molar-refractivity contribution in [2.24, 2.45) is 0 Å². The van der Waals surface area contributed by atoms with Crippen LogP contribution in [0.1, 0.15) is 35.6 Å². The quantitative estimate of drug-likeness (QED) is 0.848. The summed E-state index contributed by atoms with van der Waals surface area (Å²) in [4.78, 5) is 19.3. The van der Waals surface area contributed by atoms with Crippen molar-refractivity contribution < 1.29 is 9.53 Å². The Bertz CT molecular complexity index is 723. The summed E-state index contributed by atoms with van der Waals surface area (Å²) < 4.78 is 7.40. The topological polar surface area (TPSA) is 47.4 Å². The van der Waals surface area contributed by atoms with E-state index in [9.17, 15) is 4.79 Å². The van der Waals surface area contributed by atoms with Crippen LogP contribution in [-0.4, -0.2) is 40.6 Å². The number of rotatable bonds is 5. The first kappa shape index (κ1) is 16.7. The van der Waals surface area contributed by atoms with Crippen LogP contribution in [0.4, 0.5) is 0 Å². The molecule has 1 unspecified atom stereocenters. The third kappa shape index (κ3) is 3.22. The summed E-state index contributed by atoms with van der Waals surface area (Å²) in [5, 5.41) is 0. The first-order valence-corrected chi connectivity index (χ1v) is 8.49. The highest BCUT2D eigenvalue weighted by Crippen LogP contribution is 2.26. The molecule has 0 bridgehead atoms. The molecular weight excluding hydrogens is 302 g/mol.